The van der Waals surface area contributed by atoms with Gasteiger partial charge in [-0.1, -0.05) is 0 Å². The molecule has 49 heavy (non-hydrogen) atoms. The number of imide groups is 3. The molecule has 0 saturated carbocycles. The normalized spacial score (nSPS) is 16.5. The number of hydrogen-bond acceptors (Lipinski definition) is 18. The second-order valence-electron chi connectivity index (χ2n) is 10.4. The predicted octanol–water partition coefficient (Wildman–Crippen LogP) is -2.48. The quantitative estimate of drug-likeness (QED) is 0.0746. The third-order valence-corrected chi connectivity index (χ3v) is 6.43. The third kappa shape index (κ3) is 13.9. The number of carbonyl (C=O) groups excluding carboxylic acids is 9. The Hall–Kier alpha value is -4.41. The van der Waals surface area contributed by atoms with Crippen molar-refractivity contribution in [1.29, 1.82) is 0 Å². The predicted molar refractivity (Wildman–Crippen MR) is 150 cm³/mol. The molecule has 3 aliphatic heterocycles. The van der Waals surface area contributed by atoms with Crippen molar-refractivity contribution in [3.8, 4) is 0 Å². The Balaban J connectivity index is 1.29. The highest BCUT2D eigenvalue weighted by atomic mass is 16.7. The molecule has 0 unspecified atom stereocenters. The first kappa shape index (κ1) is 39.0. The Morgan fingerprint density at radius 2 is 0.633 bits per heavy atom. The van der Waals surface area contributed by atoms with E-state index in [4.69, 9.17) is 42.9 Å². The lowest BCUT2D eigenvalue weighted by Gasteiger charge is -2.18. The number of nitrogens with zero attached hydrogens (tertiary/aromatic N) is 3. The van der Waals surface area contributed by atoms with E-state index in [-0.39, 0.29) is 104 Å². The van der Waals surface area contributed by atoms with Crippen molar-refractivity contribution in [2.24, 2.45) is 5.92 Å². The van der Waals surface area contributed by atoms with Crippen molar-refractivity contribution in [2.45, 2.75) is 38.5 Å². The lowest BCUT2D eigenvalue weighted by molar-refractivity contribution is -0.200. The van der Waals surface area contributed by atoms with E-state index in [1.807, 2.05) is 0 Å². The standard InChI is InChI=1S/C28H37N3O18/c32-20-1-2-21(33)29(20)47-26(38)16-44-10-7-41-13-19(14-42-8-11-45-17-27(39)48-30-22(34)3-4-23(30)35)15-43-9-12-46-18-28(40)49-31-24(36)5-6-25(31)37/h19H,1-18H2. The maximum absolute atomic E-state index is 11.8. The minimum atomic E-state index is -0.926. The van der Waals surface area contributed by atoms with Crippen molar-refractivity contribution in [3.05, 3.63) is 0 Å². The molecule has 3 heterocycles. The molecule has 272 valence electrons. The van der Waals surface area contributed by atoms with Gasteiger partial charge in [0, 0.05) is 44.4 Å². The number of hydrogen-bond donors (Lipinski definition) is 0. The summed E-state index contributed by atoms with van der Waals surface area (Å²) in [5.41, 5.74) is 0. The van der Waals surface area contributed by atoms with E-state index < -0.39 is 73.2 Å². The molecule has 3 rings (SSSR count). The van der Waals surface area contributed by atoms with Gasteiger partial charge in [0.1, 0.15) is 19.8 Å². The molecule has 3 saturated heterocycles. The molecule has 0 aromatic rings. The van der Waals surface area contributed by atoms with Gasteiger partial charge in [0.15, 0.2) is 0 Å². The van der Waals surface area contributed by atoms with Gasteiger partial charge in [-0.05, 0) is 0 Å². The van der Waals surface area contributed by atoms with Crippen LogP contribution in [-0.4, -0.2) is 148 Å². The van der Waals surface area contributed by atoms with Gasteiger partial charge in [0.05, 0.1) is 59.5 Å². The van der Waals surface area contributed by atoms with Crippen LogP contribution in [0.3, 0.4) is 0 Å². The molecule has 3 aliphatic rings. The molecule has 0 atom stereocenters. The summed E-state index contributed by atoms with van der Waals surface area (Å²) in [5, 5.41) is 1.24. The highest BCUT2D eigenvalue weighted by Crippen LogP contribution is 2.14. The van der Waals surface area contributed by atoms with Crippen LogP contribution in [0.4, 0.5) is 0 Å². The van der Waals surface area contributed by atoms with Gasteiger partial charge in [0.2, 0.25) is 0 Å². The van der Waals surface area contributed by atoms with Crippen LogP contribution in [0.25, 0.3) is 0 Å². The van der Waals surface area contributed by atoms with Gasteiger partial charge >= 0.3 is 17.9 Å². The molecular formula is C28H37N3O18. The third-order valence-electron chi connectivity index (χ3n) is 6.43. The Morgan fingerprint density at radius 1 is 0.408 bits per heavy atom. The summed E-state index contributed by atoms with van der Waals surface area (Å²) in [6.45, 7) is -1.16. The Labute approximate surface area is 278 Å². The number of amides is 6. The molecule has 0 aromatic carbocycles. The first-order valence-electron chi connectivity index (χ1n) is 15.2. The minimum absolute atomic E-state index is 0.0252. The summed E-state index contributed by atoms with van der Waals surface area (Å²) < 4.78 is 32.2. The summed E-state index contributed by atoms with van der Waals surface area (Å²) in [7, 11) is 0. The van der Waals surface area contributed by atoms with Crippen molar-refractivity contribution in [1.82, 2.24) is 15.2 Å². The summed E-state index contributed by atoms with van der Waals surface area (Å²) in [6, 6.07) is 0. The summed E-state index contributed by atoms with van der Waals surface area (Å²) >= 11 is 0. The first-order chi connectivity index (χ1) is 23.5. The average molecular weight is 704 g/mol. The van der Waals surface area contributed by atoms with Gasteiger partial charge in [-0.15, -0.1) is 15.2 Å². The van der Waals surface area contributed by atoms with Crippen LogP contribution in [0.15, 0.2) is 0 Å². The molecule has 0 aliphatic carbocycles. The van der Waals surface area contributed by atoms with Crippen LogP contribution >= 0.6 is 0 Å². The molecule has 21 heteroatoms. The van der Waals surface area contributed by atoms with Crippen LogP contribution in [0, 0.1) is 5.92 Å². The van der Waals surface area contributed by atoms with Gasteiger partial charge in [-0.3, -0.25) is 28.8 Å². The van der Waals surface area contributed by atoms with E-state index in [0.29, 0.717) is 15.2 Å². The van der Waals surface area contributed by atoms with Crippen LogP contribution in [0.2, 0.25) is 0 Å². The fourth-order valence-electron chi connectivity index (χ4n) is 4.07. The Bertz CT molecular complexity index is 1050. The second kappa shape index (κ2) is 20.8. The average Bonchev–Trinajstić information content (AvgIpc) is 3.68. The molecular weight excluding hydrogens is 666 g/mol. The summed E-state index contributed by atoms with van der Waals surface area (Å²) in [4.78, 5) is 119. The van der Waals surface area contributed by atoms with Crippen LogP contribution < -0.4 is 0 Å². The van der Waals surface area contributed by atoms with E-state index in [9.17, 15) is 43.2 Å². The van der Waals surface area contributed by atoms with Crippen molar-refractivity contribution in [3.63, 3.8) is 0 Å². The second-order valence-corrected chi connectivity index (χ2v) is 10.4. The van der Waals surface area contributed by atoms with E-state index in [0.717, 1.165) is 0 Å². The monoisotopic (exact) mass is 703 g/mol. The SMILES string of the molecule is O=C(COCCOCC(COCCOCC(=O)ON1C(=O)CCC1=O)COCCOCC(=O)ON1C(=O)CCC1=O)ON1C(=O)CCC1=O. The van der Waals surface area contributed by atoms with Crippen molar-refractivity contribution in [2.75, 3.05) is 79.3 Å². The molecule has 0 radical (unpaired) electrons. The lowest BCUT2D eigenvalue weighted by Crippen LogP contribution is -2.33. The van der Waals surface area contributed by atoms with Gasteiger partial charge < -0.3 is 42.9 Å². The van der Waals surface area contributed by atoms with Crippen molar-refractivity contribution >= 4 is 53.4 Å². The molecule has 21 nitrogen and oxygen atoms in total. The van der Waals surface area contributed by atoms with E-state index in [1.165, 1.54) is 0 Å². The summed E-state index contributed by atoms with van der Waals surface area (Å²) in [5.74, 6) is -6.78. The van der Waals surface area contributed by atoms with E-state index in [2.05, 4.69) is 0 Å². The van der Waals surface area contributed by atoms with Crippen LogP contribution in [-0.2, 0) is 86.1 Å². The van der Waals surface area contributed by atoms with E-state index >= 15 is 0 Å². The van der Waals surface area contributed by atoms with Crippen LogP contribution in [0.1, 0.15) is 38.5 Å². The van der Waals surface area contributed by atoms with Gasteiger partial charge in [0.25, 0.3) is 35.4 Å². The number of ether oxygens (including phenoxy) is 6. The fourth-order valence-corrected chi connectivity index (χ4v) is 4.07. The highest BCUT2D eigenvalue weighted by molar-refractivity contribution is 6.02. The molecule has 3 fully saturated rings. The molecule has 0 aromatic heterocycles. The zero-order valence-electron chi connectivity index (χ0n) is 26.5. The molecule has 6 amide bonds. The largest absolute Gasteiger partial charge is 0.379 e. The van der Waals surface area contributed by atoms with Gasteiger partial charge in [-0.2, -0.15) is 0 Å². The smallest absolute Gasteiger partial charge is 0.358 e. The maximum atomic E-state index is 11.8. The fraction of sp³-hybridized carbons (Fsp3) is 0.679. The zero-order chi connectivity index (χ0) is 35.6. The topological polar surface area (TPSA) is 246 Å². The van der Waals surface area contributed by atoms with Gasteiger partial charge in [-0.25, -0.2) is 14.4 Å². The number of hydroxylamine groups is 6. The first-order valence-corrected chi connectivity index (χ1v) is 15.2. The Morgan fingerprint density at radius 3 is 0.878 bits per heavy atom. The minimum Gasteiger partial charge on any atom is -0.379 e. The number of rotatable bonds is 24. The maximum Gasteiger partial charge on any atom is 0.358 e. The summed E-state index contributed by atoms with van der Waals surface area (Å²) in [6.07, 6.45) is -0.196. The Kier molecular flexibility index (Phi) is 16.6. The van der Waals surface area contributed by atoms with Crippen molar-refractivity contribution < 1.29 is 86.1 Å². The highest BCUT2D eigenvalue weighted by Gasteiger charge is 2.34. The molecule has 0 bridgehead atoms. The van der Waals surface area contributed by atoms with Crippen LogP contribution in [0.5, 0.6) is 0 Å². The molecule has 0 spiro atoms. The molecule has 0 N–H and O–H groups in total. The lowest BCUT2D eigenvalue weighted by atomic mass is 10.2. The number of carbonyl (C=O) groups is 9. The zero-order valence-corrected chi connectivity index (χ0v) is 26.5. The van der Waals surface area contributed by atoms with E-state index in [1.54, 1.807) is 0 Å².